The zero-order valence-electron chi connectivity index (χ0n) is 8.07. The van der Waals surface area contributed by atoms with Gasteiger partial charge in [-0.2, -0.15) is 0 Å². The highest BCUT2D eigenvalue weighted by Crippen LogP contribution is 1.95. The summed E-state index contributed by atoms with van der Waals surface area (Å²) in [6.07, 6.45) is 7.23. The second kappa shape index (κ2) is 4.06. The Labute approximate surface area is 82.2 Å². The van der Waals surface area contributed by atoms with Gasteiger partial charge in [-0.15, -0.1) is 0 Å². The quantitative estimate of drug-likeness (QED) is 0.737. The van der Waals surface area contributed by atoms with Crippen LogP contribution < -0.4 is 5.32 Å². The number of aryl methyl sites for hydroxylation is 1. The predicted molar refractivity (Wildman–Crippen MR) is 52.3 cm³/mol. The first-order valence-corrected chi connectivity index (χ1v) is 4.50. The van der Waals surface area contributed by atoms with E-state index in [4.69, 9.17) is 0 Å². The predicted octanol–water partition coefficient (Wildman–Crippen LogP) is 0.433. The first kappa shape index (κ1) is 8.96. The van der Waals surface area contributed by atoms with Crippen LogP contribution in [0, 0.1) is 0 Å². The van der Waals surface area contributed by atoms with Gasteiger partial charge in [0.2, 0.25) is 0 Å². The van der Waals surface area contributed by atoms with Gasteiger partial charge in [-0.25, -0.2) is 9.97 Å². The Morgan fingerprint density at radius 2 is 2.43 bits per heavy atom. The SMILES string of the molecule is Cn1ccnc1CNCc1cnc[nH]1. The highest BCUT2D eigenvalue weighted by molar-refractivity contribution is 4.95. The molecule has 0 aliphatic heterocycles. The molecule has 5 heteroatoms. The van der Waals surface area contributed by atoms with E-state index >= 15 is 0 Å². The Hall–Kier alpha value is -1.62. The Morgan fingerprint density at radius 1 is 1.50 bits per heavy atom. The molecule has 0 saturated carbocycles. The molecule has 0 atom stereocenters. The molecule has 0 fully saturated rings. The average Bonchev–Trinajstić information content (AvgIpc) is 2.78. The van der Waals surface area contributed by atoms with E-state index in [-0.39, 0.29) is 0 Å². The maximum Gasteiger partial charge on any atom is 0.122 e. The molecule has 0 saturated heterocycles. The van der Waals surface area contributed by atoms with Gasteiger partial charge in [0.1, 0.15) is 5.82 Å². The minimum absolute atomic E-state index is 0.766. The number of nitrogens with zero attached hydrogens (tertiary/aromatic N) is 3. The van der Waals surface area contributed by atoms with E-state index in [9.17, 15) is 0 Å². The van der Waals surface area contributed by atoms with Crippen molar-refractivity contribution in [3.63, 3.8) is 0 Å². The van der Waals surface area contributed by atoms with E-state index in [1.165, 1.54) is 0 Å². The molecule has 2 heterocycles. The van der Waals surface area contributed by atoms with Crippen LogP contribution in [0.25, 0.3) is 0 Å². The Bertz CT molecular complexity index is 376. The van der Waals surface area contributed by atoms with Gasteiger partial charge in [0.15, 0.2) is 0 Å². The molecule has 2 N–H and O–H groups in total. The van der Waals surface area contributed by atoms with Crippen molar-refractivity contribution in [1.29, 1.82) is 0 Å². The van der Waals surface area contributed by atoms with Crippen molar-refractivity contribution < 1.29 is 0 Å². The largest absolute Gasteiger partial charge is 0.347 e. The van der Waals surface area contributed by atoms with Gasteiger partial charge in [0, 0.05) is 37.9 Å². The van der Waals surface area contributed by atoms with Gasteiger partial charge in [-0.05, 0) is 0 Å². The van der Waals surface area contributed by atoms with Crippen molar-refractivity contribution >= 4 is 0 Å². The molecule has 0 aliphatic carbocycles. The Balaban J connectivity index is 1.81. The fourth-order valence-electron chi connectivity index (χ4n) is 1.26. The standard InChI is InChI=1S/C9H13N5/c1-14-3-2-12-9(14)6-10-4-8-5-11-7-13-8/h2-3,5,7,10H,4,6H2,1H3,(H,11,13). The fourth-order valence-corrected chi connectivity index (χ4v) is 1.26. The van der Waals surface area contributed by atoms with Gasteiger partial charge < -0.3 is 14.9 Å². The maximum atomic E-state index is 4.21. The summed E-state index contributed by atoms with van der Waals surface area (Å²) < 4.78 is 2.00. The molecule has 0 unspecified atom stereocenters. The molecular formula is C9H13N5. The fraction of sp³-hybridized carbons (Fsp3) is 0.333. The van der Waals surface area contributed by atoms with Crippen molar-refractivity contribution in [2.45, 2.75) is 13.1 Å². The van der Waals surface area contributed by atoms with Gasteiger partial charge in [0.25, 0.3) is 0 Å². The van der Waals surface area contributed by atoms with E-state index in [1.54, 1.807) is 12.5 Å². The number of hydrogen-bond acceptors (Lipinski definition) is 3. The summed E-state index contributed by atoms with van der Waals surface area (Å²) in [5, 5.41) is 3.28. The van der Waals surface area contributed by atoms with Crippen LogP contribution in [-0.2, 0) is 20.1 Å². The number of H-pyrrole nitrogens is 1. The van der Waals surface area contributed by atoms with E-state index < -0.39 is 0 Å². The van der Waals surface area contributed by atoms with E-state index in [1.807, 2.05) is 24.0 Å². The Morgan fingerprint density at radius 3 is 3.07 bits per heavy atom. The summed E-state index contributed by atoms with van der Waals surface area (Å²) in [5.41, 5.74) is 1.08. The molecular weight excluding hydrogens is 178 g/mol. The van der Waals surface area contributed by atoms with Crippen molar-refractivity contribution in [1.82, 2.24) is 24.8 Å². The van der Waals surface area contributed by atoms with Gasteiger partial charge in [-0.3, -0.25) is 0 Å². The van der Waals surface area contributed by atoms with Gasteiger partial charge in [-0.1, -0.05) is 0 Å². The van der Waals surface area contributed by atoms with Crippen molar-refractivity contribution in [2.75, 3.05) is 0 Å². The van der Waals surface area contributed by atoms with Crippen LogP contribution in [0.1, 0.15) is 11.5 Å². The average molecular weight is 191 g/mol. The van der Waals surface area contributed by atoms with Crippen LogP contribution in [0.3, 0.4) is 0 Å². The first-order valence-electron chi connectivity index (χ1n) is 4.50. The molecule has 0 radical (unpaired) electrons. The maximum absolute atomic E-state index is 4.21. The number of aromatic amines is 1. The smallest absolute Gasteiger partial charge is 0.122 e. The molecule has 0 aliphatic rings. The van der Waals surface area contributed by atoms with Crippen molar-refractivity contribution in [3.05, 3.63) is 36.4 Å². The molecule has 5 nitrogen and oxygen atoms in total. The molecule has 2 aromatic rings. The first-order chi connectivity index (χ1) is 6.86. The second-order valence-electron chi connectivity index (χ2n) is 3.13. The topological polar surface area (TPSA) is 58.5 Å². The summed E-state index contributed by atoms with van der Waals surface area (Å²) in [7, 11) is 1.99. The van der Waals surface area contributed by atoms with Crippen LogP contribution in [0.2, 0.25) is 0 Å². The van der Waals surface area contributed by atoms with Crippen molar-refractivity contribution in [3.8, 4) is 0 Å². The Kier molecular flexibility index (Phi) is 2.60. The van der Waals surface area contributed by atoms with Crippen LogP contribution in [0.4, 0.5) is 0 Å². The number of hydrogen-bond donors (Lipinski definition) is 2. The highest BCUT2D eigenvalue weighted by atomic mass is 15.1. The number of nitrogens with one attached hydrogen (secondary N) is 2. The van der Waals surface area contributed by atoms with Crippen LogP contribution in [0.15, 0.2) is 24.9 Å². The summed E-state index contributed by atoms with van der Waals surface area (Å²) in [5.74, 6) is 1.03. The third kappa shape index (κ3) is 2.00. The van der Waals surface area contributed by atoms with Crippen LogP contribution in [0.5, 0.6) is 0 Å². The summed E-state index contributed by atoms with van der Waals surface area (Å²) in [4.78, 5) is 11.2. The van der Waals surface area contributed by atoms with Crippen LogP contribution in [-0.4, -0.2) is 19.5 Å². The normalized spacial score (nSPS) is 10.6. The lowest BCUT2D eigenvalue weighted by Crippen LogP contribution is -2.15. The third-order valence-corrected chi connectivity index (χ3v) is 2.07. The lowest BCUT2D eigenvalue weighted by Gasteiger charge is -2.02. The molecule has 0 spiro atoms. The number of imidazole rings is 2. The zero-order valence-corrected chi connectivity index (χ0v) is 8.07. The molecule has 2 rings (SSSR count). The molecule has 0 aromatic carbocycles. The summed E-state index contributed by atoms with van der Waals surface area (Å²) in [6.45, 7) is 1.55. The van der Waals surface area contributed by atoms with Crippen LogP contribution >= 0.6 is 0 Å². The third-order valence-electron chi connectivity index (χ3n) is 2.07. The number of rotatable bonds is 4. The molecule has 14 heavy (non-hydrogen) atoms. The van der Waals surface area contributed by atoms with E-state index in [0.717, 1.165) is 24.6 Å². The summed E-state index contributed by atoms with van der Waals surface area (Å²) >= 11 is 0. The van der Waals surface area contributed by atoms with Gasteiger partial charge in [0.05, 0.1) is 12.9 Å². The lowest BCUT2D eigenvalue weighted by molar-refractivity contribution is 0.632. The molecule has 0 bridgehead atoms. The lowest BCUT2D eigenvalue weighted by atomic mass is 10.4. The number of aromatic nitrogens is 4. The van der Waals surface area contributed by atoms with Gasteiger partial charge >= 0.3 is 0 Å². The van der Waals surface area contributed by atoms with Crippen molar-refractivity contribution in [2.24, 2.45) is 7.05 Å². The molecule has 74 valence electrons. The molecule has 2 aromatic heterocycles. The highest BCUT2D eigenvalue weighted by Gasteiger charge is 1.98. The monoisotopic (exact) mass is 191 g/mol. The van der Waals surface area contributed by atoms with E-state index in [2.05, 4.69) is 20.3 Å². The second-order valence-corrected chi connectivity index (χ2v) is 3.13. The molecule has 0 amide bonds. The zero-order chi connectivity index (χ0) is 9.80. The minimum atomic E-state index is 0.766. The summed E-state index contributed by atoms with van der Waals surface area (Å²) in [6, 6.07) is 0. The minimum Gasteiger partial charge on any atom is -0.347 e. The van der Waals surface area contributed by atoms with E-state index in [0.29, 0.717) is 0 Å².